The van der Waals surface area contributed by atoms with Crippen LogP contribution in [0.15, 0.2) is 16.3 Å². The predicted molar refractivity (Wildman–Crippen MR) is 105 cm³/mol. The van der Waals surface area contributed by atoms with Gasteiger partial charge in [0, 0.05) is 6.04 Å². The molecule has 2 aliphatic carbocycles. The average Bonchev–Trinajstić information content (AvgIpc) is 3.51. The van der Waals surface area contributed by atoms with E-state index < -0.39 is 52.9 Å². The molecule has 3 amide bonds. The number of carboxylic acid groups (broad SMARTS) is 1. The molecular weight excluding hydrogens is 394 g/mol. The second kappa shape index (κ2) is 8.85. The van der Waals surface area contributed by atoms with Crippen molar-refractivity contribution < 1.29 is 34.5 Å². The van der Waals surface area contributed by atoms with Gasteiger partial charge in [-0.25, -0.2) is 0 Å². The number of aliphatic hydroxyl groups is 2. The van der Waals surface area contributed by atoms with E-state index in [9.17, 15) is 29.4 Å². The summed E-state index contributed by atoms with van der Waals surface area (Å²) in [5.41, 5.74) is -2.85. The van der Waals surface area contributed by atoms with E-state index in [0.717, 1.165) is 44.9 Å². The minimum atomic E-state index is -2.04. The van der Waals surface area contributed by atoms with Crippen LogP contribution in [0, 0.1) is 11.3 Å². The van der Waals surface area contributed by atoms with E-state index in [4.69, 9.17) is 5.11 Å². The molecule has 0 spiro atoms. The highest BCUT2D eigenvalue weighted by Crippen LogP contribution is 2.43. The van der Waals surface area contributed by atoms with Gasteiger partial charge >= 0.3 is 5.97 Å². The number of nitrogens with one attached hydrogen (secondary N) is 2. The van der Waals surface area contributed by atoms with Crippen molar-refractivity contribution in [2.24, 2.45) is 16.3 Å². The third-order valence-electron chi connectivity index (χ3n) is 6.02. The van der Waals surface area contributed by atoms with Crippen molar-refractivity contribution in [2.45, 2.75) is 63.8 Å². The largest absolute Gasteiger partial charge is 0.510 e. The minimum absolute atomic E-state index is 0.0135. The van der Waals surface area contributed by atoms with Crippen molar-refractivity contribution in [1.82, 2.24) is 10.6 Å². The summed E-state index contributed by atoms with van der Waals surface area (Å²) in [6.07, 6.45) is 6.91. The summed E-state index contributed by atoms with van der Waals surface area (Å²) in [7, 11) is 0. The van der Waals surface area contributed by atoms with E-state index in [1.165, 1.54) is 0 Å². The van der Waals surface area contributed by atoms with Gasteiger partial charge in [-0.3, -0.25) is 19.2 Å². The zero-order valence-corrected chi connectivity index (χ0v) is 16.6. The molecule has 10 heteroatoms. The van der Waals surface area contributed by atoms with Gasteiger partial charge in [-0.2, -0.15) is 4.99 Å². The predicted octanol–water partition coefficient (Wildman–Crippen LogP) is 1.12. The van der Waals surface area contributed by atoms with Gasteiger partial charge in [0.05, 0.1) is 0 Å². The normalized spacial score (nSPS) is 24.9. The summed E-state index contributed by atoms with van der Waals surface area (Å²) in [5, 5.41) is 35.1. The molecule has 164 valence electrons. The molecule has 1 atom stereocenters. The van der Waals surface area contributed by atoms with Crippen LogP contribution < -0.4 is 10.6 Å². The van der Waals surface area contributed by atoms with Crippen LogP contribution in [-0.2, 0) is 19.2 Å². The number of dihydropyridines is 1. The fourth-order valence-corrected chi connectivity index (χ4v) is 4.05. The first kappa shape index (κ1) is 21.8. The van der Waals surface area contributed by atoms with E-state index in [1.54, 1.807) is 0 Å². The maximum absolute atomic E-state index is 13.3. The number of aliphatic carboxylic acids is 1. The third kappa shape index (κ3) is 4.47. The van der Waals surface area contributed by atoms with Gasteiger partial charge in [0.2, 0.25) is 11.8 Å². The Bertz CT molecular complexity index is 809. The van der Waals surface area contributed by atoms with E-state index in [0.29, 0.717) is 12.3 Å². The van der Waals surface area contributed by atoms with E-state index in [-0.39, 0.29) is 12.5 Å². The molecule has 1 heterocycles. The number of hydrogen-bond donors (Lipinski definition) is 5. The Hall–Kier alpha value is -2.91. The second-order valence-electron chi connectivity index (χ2n) is 8.24. The molecule has 30 heavy (non-hydrogen) atoms. The van der Waals surface area contributed by atoms with Gasteiger partial charge < -0.3 is 26.0 Å². The number of carbonyl (C=O) groups excluding carboxylic acids is 3. The Kier molecular flexibility index (Phi) is 6.42. The van der Waals surface area contributed by atoms with Crippen LogP contribution in [0.3, 0.4) is 0 Å². The van der Waals surface area contributed by atoms with Crippen LogP contribution >= 0.6 is 0 Å². The highest BCUT2D eigenvalue weighted by Gasteiger charge is 2.54. The molecule has 0 bridgehead atoms. The van der Waals surface area contributed by atoms with Crippen molar-refractivity contribution in [3.8, 4) is 0 Å². The van der Waals surface area contributed by atoms with Gasteiger partial charge in [-0.1, -0.05) is 32.1 Å². The number of aliphatic hydroxyl groups excluding tert-OH is 2. The Labute approximate surface area is 173 Å². The SMILES string of the molecule is O=C(O)CNC(=O)C1=C(O)C(CCC2CC2)(C(=O)NC2CCCCC2)C(O)=NC1=O. The molecule has 0 aromatic carbocycles. The number of rotatable bonds is 8. The first-order valence-electron chi connectivity index (χ1n) is 10.3. The van der Waals surface area contributed by atoms with Crippen LogP contribution in [0.5, 0.6) is 0 Å². The fourth-order valence-electron chi connectivity index (χ4n) is 4.05. The molecule has 0 aromatic heterocycles. The Balaban J connectivity index is 1.94. The standard InChI is InChI=1S/C20H27N3O7/c24-13(25)10-21-16(27)14-15(26)20(9-8-11-6-7-11,19(30)23-17(14)28)18(29)22-12-4-2-1-3-5-12/h11-12,26H,1-10H2,(H,21,27)(H,22,29)(H,24,25)(H,23,28,30). The van der Waals surface area contributed by atoms with Crippen molar-refractivity contribution in [3.63, 3.8) is 0 Å². The fraction of sp³-hybridized carbons (Fsp3) is 0.650. The summed E-state index contributed by atoms with van der Waals surface area (Å²) in [5.74, 6) is -5.80. The van der Waals surface area contributed by atoms with Crippen molar-refractivity contribution >= 4 is 29.6 Å². The summed E-state index contributed by atoms with van der Waals surface area (Å²) >= 11 is 0. The van der Waals surface area contributed by atoms with E-state index in [1.807, 2.05) is 5.32 Å². The van der Waals surface area contributed by atoms with Crippen molar-refractivity contribution in [2.75, 3.05) is 6.54 Å². The number of hydrogen-bond acceptors (Lipinski definition) is 5. The number of amides is 3. The number of aliphatic imine (C=N–C) groups is 1. The lowest BCUT2D eigenvalue weighted by molar-refractivity contribution is -0.138. The van der Waals surface area contributed by atoms with Crippen LogP contribution in [-0.4, -0.2) is 57.5 Å². The molecule has 2 saturated carbocycles. The average molecular weight is 421 g/mol. The van der Waals surface area contributed by atoms with Crippen molar-refractivity contribution in [1.29, 1.82) is 0 Å². The quantitative estimate of drug-likeness (QED) is 0.366. The lowest BCUT2D eigenvalue weighted by Gasteiger charge is -2.35. The monoisotopic (exact) mass is 421 g/mol. The van der Waals surface area contributed by atoms with E-state index in [2.05, 4.69) is 10.3 Å². The molecule has 3 aliphatic rings. The van der Waals surface area contributed by atoms with E-state index >= 15 is 0 Å². The van der Waals surface area contributed by atoms with Crippen molar-refractivity contribution in [3.05, 3.63) is 11.3 Å². The first-order valence-corrected chi connectivity index (χ1v) is 10.3. The van der Waals surface area contributed by atoms with Gasteiger partial charge in [0.25, 0.3) is 11.8 Å². The Morgan fingerprint density at radius 2 is 1.73 bits per heavy atom. The first-order chi connectivity index (χ1) is 14.3. The van der Waals surface area contributed by atoms with Gasteiger partial charge in [-0.15, -0.1) is 0 Å². The van der Waals surface area contributed by atoms with Crippen LogP contribution in [0.4, 0.5) is 0 Å². The maximum atomic E-state index is 13.3. The van der Waals surface area contributed by atoms with Crippen LogP contribution in [0.1, 0.15) is 57.8 Å². The molecule has 10 nitrogen and oxygen atoms in total. The summed E-state index contributed by atoms with van der Waals surface area (Å²) in [6.45, 7) is -0.776. The van der Waals surface area contributed by atoms with Gasteiger partial charge in [0.1, 0.15) is 17.9 Å². The lowest BCUT2D eigenvalue weighted by atomic mass is 9.75. The van der Waals surface area contributed by atoms with Crippen LogP contribution in [0.2, 0.25) is 0 Å². The number of carbonyl (C=O) groups is 4. The zero-order chi connectivity index (χ0) is 21.9. The number of nitrogens with zero attached hydrogens (tertiary/aromatic N) is 1. The maximum Gasteiger partial charge on any atom is 0.322 e. The topological polar surface area (TPSA) is 165 Å². The number of carboxylic acids is 1. The van der Waals surface area contributed by atoms with Gasteiger partial charge in [0.15, 0.2) is 5.41 Å². The lowest BCUT2D eigenvalue weighted by Crippen LogP contribution is -2.54. The zero-order valence-electron chi connectivity index (χ0n) is 16.6. The Morgan fingerprint density at radius 3 is 2.33 bits per heavy atom. The summed E-state index contributed by atoms with van der Waals surface area (Å²) < 4.78 is 0. The summed E-state index contributed by atoms with van der Waals surface area (Å²) in [6, 6.07) is -0.133. The smallest absolute Gasteiger partial charge is 0.322 e. The minimum Gasteiger partial charge on any atom is -0.510 e. The second-order valence-corrected chi connectivity index (χ2v) is 8.24. The molecule has 5 N–H and O–H groups in total. The molecular formula is C20H27N3O7. The van der Waals surface area contributed by atoms with Crippen LogP contribution in [0.25, 0.3) is 0 Å². The molecule has 0 aromatic rings. The third-order valence-corrected chi connectivity index (χ3v) is 6.02. The molecule has 1 unspecified atom stereocenters. The molecule has 3 rings (SSSR count). The molecule has 2 fully saturated rings. The van der Waals surface area contributed by atoms with Gasteiger partial charge in [-0.05, 0) is 31.6 Å². The Morgan fingerprint density at radius 1 is 1.07 bits per heavy atom. The molecule has 1 aliphatic heterocycles. The molecule has 0 saturated heterocycles. The highest BCUT2D eigenvalue weighted by molar-refractivity contribution is 6.26. The highest BCUT2D eigenvalue weighted by atomic mass is 16.4. The summed E-state index contributed by atoms with van der Waals surface area (Å²) in [4.78, 5) is 52.1. The molecule has 0 radical (unpaired) electrons.